The van der Waals surface area contributed by atoms with Crippen LogP contribution in [0.3, 0.4) is 0 Å². The maximum Gasteiger partial charge on any atom is 0.405 e. The lowest BCUT2D eigenvalue weighted by Crippen LogP contribution is -2.28. The van der Waals surface area contributed by atoms with Gasteiger partial charge in [-0.3, -0.25) is 0 Å². The van der Waals surface area contributed by atoms with E-state index in [0.29, 0.717) is 11.4 Å². The molecule has 2 rings (SSSR count). The molecule has 0 saturated carbocycles. The second kappa shape index (κ2) is 6.36. The molecule has 106 valence electrons. The number of nitrogens with one attached hydrogen (secondary N) is 1. The molecular formula is C12H13ClN4O3. The number of hydrogen-bond acceptors (Lipinski definition) is 5. The highest BCUT2D eigenvalue weighted by molar-refractivity contribution is 6.30. The van der Waals surface area contributed by atoms with Crippen molar-refractivity contribution >= 4 is 17.7 Å². The minimum atomic E-state index is -1.17. The average Bonchev–Trinajstić information content (AvgIpc) is 2.89. The van der Waals surface area contributed by atoms with Crippen molar-refractivity contribution in [2.45, 2.75) is 19.0 Å². The zero-order valence-electron chi connectivity index (χ0n) is 10.4. The van der Waals surface area contributed by atoms with Crippen LogP contribution in [0.25, 0.3) is 0 Å². The molecule has 0 fully saturated rings. The summed E-state index contributed by atoms with van der Waals surface area (Å²) in [4.78, 5) is 10.9. The normalized spacial score (nSPS) is 12.1. The molecule has 1 heterocycles. The first-order valence-corrected chi connectivity index (χ1v) is 6.22. The van der Waals surface area contributed by atoms with Gasteiger partial charge in [-0.2, -0.15) is 0 Å². The minimum absolute atomic E-state index is 0.105. The molecule has 0 aliphatic heterocycles. The van der Waals surface area contributed by atoms with E-state index in [1.807, 2.05) is 0 Å². The minimum Gasteiger partial charge on any atom is -0.465 e. The Morgan fingerprint density at radius 3 is 2.65 bits per heavy atom. The van der Waals surface area contributed by atoms with Gasteiger partial charge in [-0.25, -0.2) is 4.79 Å². The largest absolute Gasteiger partial charge is 0.465 e. The third kappa shape index (κ3) is 3.69. The molecule has 0 aliphatic carbocycles. The molecule has 0 spiro atoms. The summed E-state index contributed by atoms with van der Waals surface area (Å²) in [5, 5.41) is 19.4. The Bertz CT molecular complexity index is 585. The van der Waals surface area contributed by atoms with Gasteiger partial charge in [0.1, 0.15) is 6.04 Å². The molecule has 1 aromatic carbocycles. The van der Waals surface area contributed by atoms with Crippen LogP contribution in [0.4, 0.5) is 4.79 Å². The fraction of sp³-hybridized carbons (Fsp3) is 0.250. The Hall–Kier alpha value is -2.12. The Kier molecular flexibility index (Phi) is 4.54. The monoisotopic (exact) mass is 296 g/mol. The van der Waals surface area contributed by atoms with Crippen molar-refractivity contribution in [3.63, 3.8) is 0 Å². The van der Waals surface area contributed by atoms with Gasteiger partial charge in [-0.05, 0) is 17.7 Å². The summed E-state index contributed by atoms with van der Waals surface area (Å²) in [6, 6.07) is 6.43. The van der Waals surface area contributed by atoms with Gasteiger partial charge < -0.3 is 20.6 Å². The van der Waals surface area contributed by atoms with E-state index >= 15 is 0 Å². The third-order valence-electron chi connectivity index (χ3n) is 2.61. The molecule has 0 saturated heterocycles. The molecule has 4 N–H and O–H groups in total. The van der Waals surface area contributed by atoms with Crippen molar-refractivity contribution in [2.24, 2.45) is 5.73 Å². The fourth-order valence-corrected chi connectivity index (χ4v) is 1.82. The summed E-state index contributed by atoms with van der Waals surface area (Å²) in [5.74, 6) is 0.441. The number of rotatable bonds is 5. The van der Waals surface area contributed by atoms with Crippen LogP contribution in [0.15, 0.2) is 28.7 Å². The Balaban J connectivity index is 2.18. The molecule has 20 heavy (non-hydrogen) atoms. The highest BCUT2D eigenvalue weighted by Gasteiger charge is 2.21. The van der Waals surface area contributed by atoms with Gasteiger partial charge in [-0.1, -0.05) is 23.7 Å². The molecule has 7 nitrogen and oxygen atoms in total. The predicted molar refractivity (Wildman–Crippen MR) is 71.2 cm³/mol. The van der Waals surface area contributed by atoms with E-state index in [0.717, 1.165) is 5.56 Å². The van der Waals surface area contributed by atoms with Gasteiger partial charge in [0.2, 0.25) is 11.8 Å². The van der Waals surface area contributed by atoms with Crippen LogP contribution >= 0.6 is 11.6 Å². The highest BCUT2D eigenvalue weighted by atomic mass is 35.5. The summed E-state index contributed by atoms with van der Waals surface area (Å²) in [6.45, 7) is 0.105. The Morgan fingerprint density at radius 1 is 1.40 bits per heavy atom. The van der Waals surface area contributed by atoms with Crippen LogP contribution < -0.4 is 11.1 Å². The SMILES string of the molecule is NCc1nnc([C@H](Cc2ccc(Cl)cc2)NC(=O)O)o1. The van der Waals surface area contributed by atoms with Crippen molar-refractivity contribution in [3.8, 4) is 0 Å². The van der Waals surface area contributed by atoms with Crippen LogP contribution in [0.1, 0.15) is 23.4 Å². The summed E-state index contributed by atoms with van der Waals surface area (Å²) in [7, 11) is 0. The van der Waals surface area contributed by atoms with Gasteiger partial charge in [0.15, 0.2) is 0 Å². The van der Waals surface area contributed by atoms with Gasteiger partial charge in [0, 0.05) is 11.4 Å². The standard InChI is InChI=1S/C12H13ClN4O3/c13-8-3-1-7(2-4-8)5-9(15-12(18)19)11-17-16-10(6-14)20-11/h1-4,9,15H,5-6,14H2,(H,18,19)/t9-/m0/s1. The number of benzene rings is 1. The molecule has 1 aromatic heterocycles. The van der Waals surface area contributed by atoms with Crippen LogP contribution in [-0.2, 0) is 13.0 Å². The number of carbonyl (C=O) groups is 1. The van der Waals surface area contributed by atoms with Gasteiger partial charge in [-0.15, -0.1) is 10.2 Å². The molecule has 1 atom stereocenters. The topological polar surface area (TPSA) is 114 Å². The molecular weight excluding hydrogens is 284 g/mol. The van der Waals surface area contributed by atoms with Crippen molar-refractivity contribution in [2.75, 3.05) is 0 Å². The van der Waals surface area contributed by atoms with E-state index in [-0.39, 0.29) is 18.3 Å². The van der Waals surface area contributed by atoms with E-state index in [1.54, 1.807) is 24.3 Å². The molecule has 1 amide bonds. The van der Waals surface area contributed by atoms with Gasteiger partial charge in [0.25, 0.3) is 0 Å². The van der Waals surface area contributed by atoms with Gasteiger partial charge in [0.05, 0.1) is 6.54 Å². The van der Waals surface area contributed by atoms with E-state index < -0.39 is 12.1 Å². The van der Waals surface area contributed by atoms with Crippen LogP contribution in [0, 0.1) is 0 Å². The molecule has 0 unspecified atom stereocenters. The maximum absolute atomic E-state index is 10.9. The summed E-state index contributed by atoms with van der Waals surface area (Å²) < 4.78 is 5.29. The van der Waals surface area contributed by atoms with Crippen molar-refractivity contribution in [3.05, 3.63) is 46.6 Å². The first-order valence-electron chi connectivity index (χ1n) is 5.84. The zero-order valence-corrected chi connectivity index (χ0v) is 11.2. The van der Waals surface area contributed by atoms with Crippen LogP contribution in [0.5, 0.6) is 0 Å². The van der Waals surface area contributed by atoms with E-state index in [9.17, 15) is 4.79 Å². The fourth-order valence-electron chi connectivity index (χ4n) is 1.70. The van der Waals surface area contributed by atoms with Crippen molar-refractivity contribution in [1.29, 1.82) is 0 Å². The van der Waals surface area contributed by atoms with E-state index in [2.05, 4.69) is 15.5 Å². The number of carboxylic acid groups (broad SMARTS) is 1. The molecule has 0 radical (unpaired) electrons. The summed E-state index contributed by atoms with van der Waals surface area (Å²) >= 11 is 5.81. The molecule has 0 aliphatic rings. The van der Waals surface area contributed by atoms with Crippen LogP contribution in [0.2, 0.25) is 5.02 Å². The second-order valence-corrected chi connectivity index (χ2v) is 4.51. The number of aromatic nitrogens is 2. The number of hydrogen-bond donors (Lipinski definition) is 3. The third-order valence-corrected chi connectivity index (χ3v) is 2.86. The number of nitrogens with two attached hydrogens (primary N) is 1. The Morgan fingerprint density at radius 2 is 2.10 bits per heavy atom. The Labute approximate surface area is 119 Å². The second-order valence-electron chi connectivity index (χ2n) is 4.07. The van der Waals surface area contributed by atoms with E-state index in [4.69, 9.17) is 26.9 Å². The number of amides is 1. The first kappa shape index (κ1) is 14.3. The summed E-state index contributed by atoms with van der Waals surface area (Å²) in [6.07, 6.45) is -0.799. The molecule has 2 aromatic rings. The smallest absolute Gasteiger partial charge is 0.405 e. The molecule has 0 bridgehead atoms. The quantitative estimate of drug-likeness (QED) is 0.774. The summed E-state index contributed by atoms with van der Waals surface area (Å²) in [5.41, 5.74) is 6.28. The lowest BCUT2D eigenvalue weighted by molar-refractivity contribution is 0.187. The van der Waals surface area contributed by atoms with Crippen LogP contribution in [-0.4, -0.2) is 21.4 Å². The predicted octanol–water partition coefficient (Wildman–Crippen LogP) is 1.73. The number of halogens is 1. The zero-order chi connectivity index (χ0) is 14.5. The van der Waals surface area contributed by atoms with E-state index in [1.165, 1.54) is 0 Å². The average molecular weight is 297 g/mol. The first-order chi connectivity index (χ1) is 9.58. The van der Waals surface area contributed by atoms with Crippen molar-refractivity contribution < 1.29 is 14.3 Å². The highest BCUT2D eigenvalue weighted by Crippen LogP contribution is 2.19. The number of nitrogens with zero attached hydrogens (tertiary/aromatic N) is 2. The lowest BCUT2D eigenvalue weighted by atomic mass is 10.1. The maximum atomic E-state index is 10.9. The van der Waals surface area contributed by atoms with Crippen molar-refractivity contribution in [1.82, 2.24) is 15.5 Å². The lowest BCUT2D eigenvalue weighted by Gasteiger charge is -2.13. The van der Waals surface area contributed by atoms with Gasteiger partial charge >= 0.3 is 6.09 Å². The molecule has 8 heteroatoms.